The standard InChI is InChI=1S/C22H27N3.3ClH/c1-23-18-8-6-7-17(15-18)16-24-13-12-20-19-9-2-3-10-21(19)25-14-5-4-11-22(20)25;;;/h2-3,6-10,15,23-24H,4-5,11-14,16H2,1H3;3*1H. The van der Waals surface area contributed by atoms with Gasteiger partial charge in [-0.05, 0) is 61.6 Å². The highest BCUT2D eigenvalue weighted by atomic mass is 35.5. The van der Waals surface area contributed by atoms with Gasteiger partial charge in [0.05, 0.1) is 0 Å². The Hall–Kier alpha value is -1.39. The lowest BCUT2D eigenvalue weighted by Gasteiger charge is -2.17. The van der Waals surface area contributed by atoms with Crippen LogP contribution in [0.3, 0.4) is 0 Å². The third-order valence-electron chi connectivity index (χ3n) is 5.34. The highest BCUT2D eigenvalue weighted by Crippen LogP contribution is 2.30. The van der Waals surface area contributed by atoms with Gasteiger partial charge in [-0.2, -0.15) is 0 Å². The van der Waals surface area contributed by atoms with E-state index in [1.54, 1.807) is 11.3 Å². The van der Waals surface area contributed by atoms with Gasteiger partial charge in [-0.15, -0.1) is 37.2 Å². The van der Waals surface area contributed by atoms with E-state index in [-0.39, 0.29) is 37.2 Å². The first-order valence-electron chi connectivity index (χ1n) is 9.43. The summed E-state index contributed by atoms with van der Waals surface area (Å²) < 4.78 is 2.56. The number of benzene rings is 2. The molecule has 154 valence electrons. The number of halogens is 3. The van der Waals surface area contributed by atoms with Gasteiger partial charge in [0.15, 0.2) is 0 Å². The maximum atomic E-state index is 3.63. The van der Waals surface area contributed by atoms with Crippen LogP contribution in [0.5, 0.6) is 0 Å². The van der Waals surface area contributed by atoms with Gasteiger partial charge in [0.1, 0.15) is 0 Å². The lowest BCUT2D eigenvalue weighted by atomic mass is 10.0. The monoisotopic (exact) mass is 441 g/mol. The Morgan fingerprint density at radius 1 is 0.964 bits per heavy atom. The Bertz CT molecular complexity index is 877. The van der Waals surface area contributed by atoms with Crippen LogP contribution >= 0.6 is 37.2 Å². The first kappa shape index (κ1) is 24.6. The molecule has 1 aromatic heterocycles. The second kappa shape index (κ2) is 11.6. The number of aryl methyl sites for hydroxylation is 1. The molecule has 2 heterocycles. The molecule has 0 bridgehead atoms. The number of hydrogen-bond acceptors (Lipinski definition) is 2. The maximum Gasteiger partial charge on any atom is 0.0485 e. The van der Waals surface area contributed by atoms with Gasteiger partial charge in [0.2, 0.25) is 0 Å². The minimum Gasteiger partial charge on any atom is -0.388 e. The van der Waals surface area contributed by atoms with E-state index in [4.69, 9.17) is 0 Å². The van der Waals surface area contributed by atoms with Gasteiger partial charge >= 0.3 is 0 Å². The number of para-hydroxylation sites is 1. The molecule has 0 atom stereocenters. The van der Waals surface area contributed by atoms with Crippen molar-refractivity contribution in [3.63, 3.8) is 0 Å². The van der Waals surface area contributed by atoms with Crippen LogP contribution in [0.1, 0.15) is 29.7 Å². The summed E-state index contributed by atoms with van der Waals surface area (Å²) in [6, 6.07) is 17.5. The van der Waals surface area contributed by atoms with Gasteiger partial charge in [-0.25, -0.2) is 0 Å². The van der Waals surface area contributed by atoms with Gasteiger partial charge in [-0.3, -0.25) is 0 Å². The van der Waals surface area contributed by atoms with Crippen molar-refractivity contribution in [2.45, 2.75) is 38.8 Å². The number of anilines is 1. The summed E-state index contributed by atoms with van der Waals surface area (Å²) in [5.74, 6) is 0. The molecular weight excluding hydrogens is 413 g/mol. The summed E-state index contributed by atoms with van der Waals surface area (Å²) in [6.45, 7) is 3.12. The van der Waals surface area contributed by atoms with Crippen LogP contribution in [0.25, 0.3) is 10.9 Å². The molecular formula is C22H30Cl3N3. The number of hydrogen-bond donors (Lipinski definition) is 2. The lowest BCUT2D eigenvalue weighted by molar-refractivity contribution is 0.539. The zero-order valence-electron chi connectivity index (χ0n) is 16.2. The van der Waals surface area contributed by atoms with Crippen molar-refractivity contribution in [2.24, 2.45) is 0 Å². The molecule has 4 rings (SSSR count). The Balaban J connectivity index is 0.00000131. The van der Waals surface area contributed by atoms with Crippen molar-refractivity contribution < 1.29 is 0 Å². The summed E-state index contributed by atoms with van der Waals surface area (Å²) in [7, 11) is 1.97. The van der Waals surface area contributed by atoms with Crippen LogP contribution in [-0.2, 0) is 25.9 Å². The average Bonchev–Trinajstić information content (AvgIpc) is 2.99. The van der Waals surface area contributed by atoms with Crippen molar-refractivity contribution in [3.8, 4) is 0 Å². The number of aromatic nitrogens is 1. The normalized spacial score (nSPS) is 12.3. The minimum absolute atomic E-state index is 0. The molecule has 2 aromatic carbocycles. The van der Waals surface area contributed by atoms with Crippen LogP contribution in [-0.4, -0.2) is 18.2 Å². The van der Waals surface area contributed by atoms with E-state index in [1.807, 2.05) is 7.05 Å². The average molecular weight is 443 g/mol. The first-order valence-corrected chi connectivity index (χ1v) is 9.43. The molecule has 6 heteroatoms. The number of fused-ring (bicyclic) bond motifs is 3. The van der Waals surface area contributed by atoms with Crippen LogP contribution in [0.2, 0.25) is 0 Å². The first-order chi connectivity index (χ1) is 12.4. The van der Waals surface area contributed by atoms with E-state index in [0.29, 0.717) is 0 Å². The van der Waals surface area contributed by atoms with Crippen molar-refractivity contribution >= 4 is 53.8 Å². The van der Waals surface area contributed by atoms with E-state index in [9.17, 15) is 0 Å². The molecule has 2 N–H and O–H groups in total. The molecule has 1 aliphatic rings. The fourth-order valence-electron chi connectivity index (χ4n) is 4.09. The Morgan fingerprint density at radius 3 is 2.61 bits per heavy atom. The number of rotatable bonds is 6. The smallest absolute Gasteiger partial charge is 0.0485 e. The summed E-state index contributed by atoms with van der Waals surface area (Å²) in [4.78, 5) is 0. The second-order valence-corrected chi connectivity index (χ2v) is 6.93. The van der Waals surface area contributed by atoms with E-state index in [2.05, 4.69) is 63.7 Å². The summed E-state index contributed by atoms with van der Waals surface area (Å²) in [5, 5.41) is 8.29. The highest BCUT2D eigenvalue weighted by Gasteiger charge is 2.18. The molecule has 0 radical (unpaired) electrons. The summed E-state index contributed by atoms with van der Waals surface area (Å²) in [6.07, 6.45) is 4.97. The fourth-order valence-corrected chi connectivity index (χ4v) is 4.09. The van der Waals surface area contributed by atoms with Crippen LogP contribution in [0, 0.1) is 0 Å². The third-order valence-corrected chi connectivity index (χ3v) is 5.34. The van der Waals surface area contributed by atoms with E-state index < -0.39 is 0 Å². The molecule has 0 aliphatic carbocycles. The van der Waals surface area contributed by atoms with Crippen molar-refractivity contribution in [1.82, 2.24) is 9.88 Å². The zero-order chi connectivity index (χ0) is 17.1. The molecule has 0 amide bonds. The molecule has 3 nitrogen and oxygen atoms in total. The number of nitrogens with zero attached hydrogens (tertiary/aromatic N) is 1. The Kier molecular flexibility index (Phi) is 10.2. The SMILES string of the molecule is CNc1cccc(CNCCc2c3n(c4ccccc24)CCCC3)c1.Cl.Cl.Cl. The predicted molar refractivity (Wildman–Crippen MR) is 128 cm³/mol. The largest absolute Gasteiger partial charge is 0.388 e. The van der Waals surface area contributed by atoms with E-state index in [1.165, 1.54) is 48.0 Å². The van der Waals surface area contributed by atoms with Gasteiger partial charge < -0.3 is 15.2 Å². The third kappa shape index (κ3) is 5.15. The quantitative estimate of drug-likeness (QED) is 0.485. The molecule has 1 aliphatic heterocycles. The van der Waals surface area contributed by atoms with Gasteiger partial charge in [0, 0.05) is 42.4 Å². The van der Waals surface area contributed by atoms with Crippen molar-refractivity contribution in [3.05, 3.63) is 65.4 Å². The van der Waals surface area contributed by atoms with Crippen LogP contribution in [0.4, 0.5) is 5.69 Å². The predicted octanol–water partition coefficient (Wildman–Crippen LogP) is 5.62. The highest BCUT2D eigenvalue weighted by molar-refractivity contribution is 5.86. The molecule has 0 saturated carbocycles. The molecule has 28 heavy (non-hydrogen) atoms. The Labute approximate surface area is 186 Å². The van der Waals surface area contributed by atoms with Crippen molar-refractivity contribution in [2.75, 3.05) is 18.9 Å². The van der Waals surface area contributed by atoms with Gasteiger partial charge in [-0.1, -0.05) is 30.3 Å². The molecule has 3 aromatic rings. The fraction of sp³-hybridized carbons (Fsp3) is 0.364. The molecule has 0 spiro atoms. The second-order valence-electron chi connectivity index (χ2n) is 6.93. The van der Waals surface area contributed by atoms with Crippen LogP contribution < -0.4 is 10.6 Å². The molecule has 0 saturated heterocycles. The topological polar surface area (TPSA) is 29.0 Å². The van der Waals surface area contributed by atoms with Crippen LogP contribution in [0.15, 0.2) is 48.5 Å². The zero-order valence-corrected chi connectivity index (χ0v) is 18.7. The lowest BCUT2D eigenvalue weighted by Crippen LogP contribution is -2.18. The minimum atomic E-state index is 0. The maximum absolute atomic E-state index is 3.63. The summed E-state index contributed by atoms with van der Waals surface area (Å²) >= 11 is 0. The van der Waals surface area contributed by atoms with Crippen molar-refractivity contribution in [1.29, 1.82) is 0 Å². The van der Waals surface area contributed by atoms with Gasteiger partial charge in [0.25, 0.3) is 0 Å². The molecule has 0 fully saturated rings. The summed E-state index contributed by atoms with van der Waals surface area (Å²) in [5.41, 5.74) is 7.06. The Morgan fingerprint density at radius 2 is 1.79 bits per heavy atom. The molecule has 0 unspecified atom stereocenters. The van der Waals surface area contributed by atoms with E-state index in [0.717, 1.165) is 19.5 Å². The number of nitrogens with one attached hydrogen (secondary N) is 2. The van der Waals surface area contributed by atoms with E-state index >= 15 is 0 Å².